The molecule has 0 N–H and O–H groups in total. The number of hydrogen-bond donors (Lipinski definition) is 0. The smallest absolute Gasteiger partial charge is 0.246 e. The molecule has 1 aliphatic heterocycles. The zero-order chi connectivity index (χ0) is 16.9. The molecule has 2 heterocycles. The maximum Gasteiger partial charge on any atom is 0.246 e. The van der Waals surface area contributed by atoms with Crippen LogP contribution in [0.5, 0.6) is 0 Å². The Balaban J connectivity index is 1.48. The molecule has 1 aliphatic rings. The zero-order valence-corrected chi connectivity index (χ0v) is 14.5. The second-order valence-corrected chi connectivity index (χ2v) is 6.45. The van der Waals surface area contributed by atoms with E-state index in [0.717, 1.165) is 43.5 Å². The maximum atomic E-state index is 12.2. The Morgan fingerprint density at radius 2 is 1.83 bits per heavy atom. The van der Waals surface area contributed by atoms with Gasteiger partial charge in [0, 0.05) is 43.8 Å². The topological polar surface area (TPSA) is 36.7 Å². The van der Waals surface area contributed by atoms with Crippen molar-refractivity contribution in [2.24, 2.45) is 0 Å². The van der Waals surface area contributed by atoms with Gasteiger partial charge in [0.15, 0.2) is 0 Å². The third kappa shape index (κ3) is 4.49. The molecule has 126 valence electrons. The minimum Gasteiger partial charge on any atom is -0.462 e. The van der Waals surface area contributed by atoms with E-state index < -0.39 is 0 Å². The molecule has 0 unspecified atom stereocenters. The fraction of sp³-hybridized carbons (Fsp3) is 0.316. The predicted molar refractivity (Wildman–Crippen MR) is 95.8 cm³/mol. The monoisotopic (exact) mass is 344 g/mol. The molecule has 1 aromatic heterocycles. The van der Waals surface area contributed by atoms with Crippen LogP contribution in [-0.2, 0) is 11.3 Å². The molecule has 0 saturated carbocycles. The van der Waals surface area contributed by atoms with Gasteiger partial charge in [0.1, 0.15) is 11.5 Å². The average molecular weight is 345 g/mol. The molecule has 1 fully saturated rings. The van der Waals surface area contributed by atoms with Crippen LogP contribution in [0.25, 0.3) is 6.08 Å². The highest BCUT2D eigenvalue weighted by molar-refractivity contribution is 6.30. The number of piperazine rings is 1. The van der Waals surface area contributed by atoms with Crippen LogP contribution in [-0.4, -0.2) is 41.9 Å². The molecule has 0 aliphatic carbocycles. The number of amides is 1. The molecular formula is C19H21ClN2O2. The molecule has 0 spiro atoms. The first kappa shape index (κ1) is 16.8. The lowest BCUT2D eigenvalue weighted by Crippen LogP contribution is -2.47. The molecule has 1 aromatic carbocycles. The van der Waals surface area contributed by atoms with Crippen LogP contribution >= 0.6 is 11.6 Å². The second-order valence-electron chi connectivity index (χ2n) is 6.01. The van der Waals surface area contributed by atoms with Gasteiger partial charge in [0.2, 0.25) is 5.91 Å². The standard InChI is InChI=1S/C19H21ClN2O2/c1-15-2-7-18(24-15)8-9-19(23)22-12-10-21(11-13-22)14-16-3-5-17(20)6-4-16/h2-9H,10-14H2,1H3/b9-8+. The van der Waals surface area contributed by atoms with E-state index in [-0.39, 0.29) is 5.91 Å². The number of furan rings is 1. The SMILES string of the molecule is Cc1ccc(/C=C/C(=O)N2CCN(Cc3ccc(Cl)cc3)CC2)o1. The molecule has 0 atom stereocenters. The average Bonchev–Trinajstić information content (AvgIpc) is 3.01. The van der Waals surface area contributed by atoms with Gasteiger partial charge in [-0.25, -0.2) is 0 Å². The lowest BCUT2D eigenvalue weighted by atomic mass is 10.2. The third-order valence-electron chi connectivity index (χ3n) is 4.15. The largest absolute Gasteiger partial charge is 0.462 e. The van der Waals surface area contributed by atoms with Crippen molar-refractivity contribution in [3.63, 3.8) is 0 Å². The summed E-state index contributed by atoms with van der Waals surface area (Å²) in [6.45, 7) is 6.02. The van der Waals surface area contributed by atoms with E-state index in [2.05, 4.69) is 4.90 Å². The van der Waals surface area contributed by atoms with Crippen LogP contribution in [0.3, 0.4) is 0 Å². The van der Waals surface area contributed by atoms with Gasteiger partial charge < -0.3 is 9.32 Å². The van der Waals surface area contributed by atoms with E-state index in [4.69, 9.17) is 16.0 Å². The summed E-state index contributed by atoms with van der Waals surface area (Å²) in [5, 5.41) is 0.757. The van der Waals surface area contributed by atoms with Crippen LogP contribution in [0.4, 0.5) is 0 Å². The van der Waals surface area contributed by atoms with Gasteiger partial charge in [-0.1, -0.05) is 23.7 Å². The van der Waals surface area contributed by atoms with Crippen LogP contribution in [0.1, 0.15) is 17.1 Å². The Morgan fingerprint density at radius 1 is 1.12 bits per heavy atom. The summed E-state index contributed by atoms with van der Waals surface area (Å²) in [4.78, 5) is 16.5. The highest BCUT2D eigenvalue weighted by Crippen LogP contribution is 2.13. The number of carbonyl (C=O) groups excluding carboxylic acids is 1. The predicted octanol–water partition coefficient (Wildman–Crippen LogP) is 3.60. The summed E-state index contributed by atoms with van der Waals surface area (Å²) in [6, 6.07) is 11.7. The van der Waals surface area contributed by atoms with Crippen molar-refractivity contribution in [2.45, 2.75) is 13.5 Å². The van der Waals surface area contributed by atoms with Crippen LogP contribution in [0.15, 0.2) is 46.9 Å². The summed E-state index contributed by atoms with van der Waals surface area (Å²) in [7, 11) is 0. The van der Waals surface area contributed by atoms with Gasteiger partial charge in [-0.2, -0.15) is 0 Å². The van der Waals surface area contributed by atoms with Crippen molar-refractivity contribution < 1.29 is 9.21 Å². The molecule has 1 saturated heterocycles. The molecular weight excluding hydrogens is 324 g/mol. The number of benzene rings is 1. The number of aryl methyl sites for hydroxylation is 1. The fourth-order valence-electron chi connectivity index (χ4n) is 2.78. The van der Waals surface area contributed by atoms with E-state index in [1.54, 1.807) is 12.2 Å². The molecule has 1 amide bonds. The maximum absolute atomic E-state index is 12.2. The van der Waals surface area contributed by atoms with Crippen LogP contribution in [0, 0.1) is 6.92 Å². The van der Waals surface area contributed by atoms with Crippen molar-refractivity contribution in [3.05, 3.63) is 64.6 Å². The van der Waals surface area contributed by atoms with E-state index in [0.29, 0.717) is 5.76 Å². The van der Waals surface area contributed by atoms with Gasteiger partial charge in [0.05, 0.1) is 0 Å². The van der Waals surface area contributed by atoms with Crippen LogP contribution < -0.4 is 0 Å². The molecule has 24 heavy (non-hydrogen) atoms. The molecule has 0 bridgehead atoms. The number of halogens is 1. The first-order valence-corrected chi connectivity index (χ1v) is 8.48. The molecule has 5 heteroatoms. The third-order valence-corrected chi connectivity index (χ3v) is 4.41. The summed E-state index contributed by atoms with van der Waals surface area (Å²) < 4.78 is 5.44. The van der Waals surface area contributed by atoms with E-state index in [1.807, 2.05) is 48.2 Å². The van der Waals surface area contributed by atoms with Gasteiger partial charge in [-0.15, -0.1) is 0 Å². The van der Waals surface area contributed by atoms with Gasteiger partial charge in [-0.05, 0) is 42.8 Å². The van der Waals surface area contributed by atoms with Crippen molar-refractivity contribution in [3.8, 4) is 0 Å². The van der Waals surface area contributed by atoms with Gasteiger partial charge in [-0.3, -0.25) is 9.69 Å². The Labute approximate surface area is 147 Å². The minimum absolute atomic E-state index is 0.0372. The normalized spacial score (nSPS) is 16.0. The lowest BCUT2D eigenvalue weighted by molar-refractivity contribution is -0.127. The van der Waals surface area contributed by atoms with E-state index >= 15 is 0 Å². The number of rotatable bonds is 4. The van der Waals surface area contributed by atoms with E-state index in [1.165, 1.54) is 5.56 Å². The number of hydrogen-bond acceptors (Lipinski definition) is 3. The van der Waals surface area contributed by atoms with Crippen molar-refractivity contribution >= 4 is 23.6 Å². The molecule has 0 radical (unpaired) electrons. The molecule has 2 aromatic rings. The Morgan fingerprint density at radius 3 is 2.46 bits per heavy atom. The zero-order valence-electron chi connectivity index (χ0n) is 13.7. The fourth-order valence-corrected chi connectivity index (χ4v) is 2.90. The Hall–Kier alpha value is -2.04. The Kier molecular flexibility index (Phi) is 5.38. The van der Waals surface area contributed by atoms with Crippen LogP contribution in [0.2, 0.25) is 5.02 Å². The first-order chi connectivity index (χ1) is 11.6. The van der Waals surface area contributed by atoms with E-state index in [9.17, 15) is 4.79 Å². The minimum atomic E-state index is 0.0372. The highest BCUT2D eigenvalue weighted by Gasteiger charge is 2.19. The summed E-state index contributed by atoms with van der Waals surface area (Å²) in [5.41, 5.74) is 1.24. The lowest BCUT2D eigenvalue weighted by Gasteiger charge is -2.34. The van der Waals surface area contributed by atoms with Crippen molar-refractivity contribution in [2.75, 3.05) is 26.2 Å². The quantitative estimate of drug-likeness (QED) is 0.795. The van der Waals surface area contributed by atoms with Gasteiger partial charge in [0.25, 0.3) is 0 Å². The summed E-state index contributed by atoms with van der Waals surface area (Å²) >= 11 is 5.91. The van der Waals surface area contributed by atoms with Gasteiger partial charge >= 0.3 is 0 Å². The highest BCUT2D eigenvalue weighted by atomic mass is 35.5. The van der Waals surface area contributed by atoms with Crippen molar-refractivity contribution in [1.29, 1.82) is 0 Å². The summed E-state index contributed by atoms with van der Waals surface area (Å²) in [5.74, 6) is 1.59. The molecule has 3 rings (SSSR count). The number of carbonyl (C=O) groups is 1. The van der Waals surface area contributed by atoms with Crippen molar-refractivity contribution in [1.82, 2.24) is 9.80 Å². The second kappa shape index (κ2) is 7.69. The first-order valence-electron chi connectivity index (χ1n) is 8.10. The Bertz CT molecular complexity index is 713. The number of nitrogens with zero attached hydrogens (tertiary/aromatic N) is 2. The molecule has 4 nitrogen and oxygen atoms in total. The summed E-state index contributed by atoms with van der Waals surface area (Å²) in [6.07, 6.45) is 3.32.